The standard InChI is InChI=1S/C15H20N4S/c1-11-6-12(2)8-19(7-11)9-13-10-20-15(18-13)14-16-4-3-5-17-14/h3-5,10-12H,6-9H2,1-2H3/t11-,12-/m0/s1. The average Bonchev–Trinajstić information content (AvgIpc) is 2.87. The lowest BCUT2D eigenvalue weighted by atomic mass is 9.92. The molecule has 106 valence electrons. The van der Waals surface area contributed by atoms with Gasteiger partial charge in [0.1, 0.15) is 0 Å². The van der Waals surface area contributed by atoms with Crippen molar-refractivity contribution < 1.29 is 0 Å². The van der Waals surface area contributed by atoms with Gasteiger partial charge in [0.05, 0.1) is 5.69 Å². The molecule has 1 aliphatic heterocycles. The average molecular weight is 288 g/mol. The third-order valence-electron chi connectivity index (χ3n) is 3.64. The molecule has 0 saturated carbocycles. The molecule has 0 N–H and O–H groups in total. The summed E-state index contributed by atoms with van der Waals surface area (Å²) in [6.45, 7) is 7.98. The third kappa shape index (κ3) is 3.22. The highest BCUT2D eigenvalue weighted by Gasteiger charge is 2.22. The van der Waals surface area contributed by atoms with Crippen molar-refractivity contribution in [2.75, 3.05) is 13.1 Å². The van der Waals surface area contributed by atoms with Crippen molar-refractivity contribution in [3.05, 3.63) is 29.5 Å². The molecule has 0 radical (unpaired) electrons. The Labute approximate surface area is 123 Å². The summed E-state index contributed by atoms with van der Waals surface area (Å²) >= 11 is 1.63. The zero-order chi connectivity index (χ0) is 13.9. The third-order valence-corrected chi connectivity index (χ3v) is 4.53. The Balaban J connectivity index is 1.68. The zero-order valence-corrected chi connectivity index (χ0v) is 12.8. The summed E-state index contributed by atoms with van der Waals surface area (Å²) in [5.41, 5.74) is 1.14. The highest BCUT2D eigenvalue weighted by molar-refractivity contribution is 7.13. The van der Waals surface area contributed by atoms with Crippen LogP contribution in [0.3, 0.4) is 0 Å². The molecule has 1 saturated heterocycles. The van der Waals surface area contributed by atoms with E-state index in [4.69, 9.17) is 0 Å². The fourth-order valence-corrected chi connectivity index (χ4v) is 3.80. The Morgan fingerprint density at radius 3 is 2.60 bits per heavy atom. The van der Waals surface area contributed by atoms with Gasteiger partial charge >= 0.3 is 0 Å². The van der Waals surface area contributed by atoms with Crippen molar-refractivity contribution in [1.29, 1.82) is 0 Å². The molecule has 0 spiro atoms. The van der Waals surface area contributed by atoms with Gasteiger partial charge in [-0.15, -0.1) is 11.3 Å². The minimum Gasteiger partial charge on any atom is -0.297 e. The van der Waals surface area contributed by atoms with Crippen LogP contribution in [0.2, 0.25) is 0 Å². The molecule has 1 fully saturated rings. The largest absolute Gasteiger partial charge is 0.297 e. The van der Waals surface area contributed by atoms with Gasteiger partial charge in [-0.2, -0.15) is 0 Å². The quantitative estimate of drug-likeness (QED) is 0.870. The first-order chi connectivity index (χ1) is 9.70. The van der Waals surface area contributed by atoms with Crippen LogP contribution in [0.1, 0.15) is 26.0 Å². The number of nitrogens with zero attached hydrogens (tertiary/aromatic N) is 4. The minimum absolute atomic E-state index is 0.726. The van der Waals surface area contributed by atoms with E-state index in [1.54, 1.807) is 23.7 Å². The number of aromatic nitrogens is 3. The second kappa shape index (κ2) is 5.97. The topological polar surface area (TPSA) is 41.9 Å². The molecule has 2 atom stereocenters. The smallest absolute Gasteiger partial charge is 0.188 e. The molecule has 20 heavy (non-hydrogen) atoms. The Bertz CT molecular complexity index is 544. The van der Waals surface area contributed by atoms with E-state index in [0.717, 1.165) is 34.9 Å². The molecule has 3 heterocycles. The SMILES string of the molecule is C[C@H]1C[C@H](C)CN(Cc2csc(-c3ncccn3)n2)C1. The summed E-state index contributed by atoms with van der Waals surface area (Å²) in [6.07, 6.45) is 4.87. The predicted molar refractivity (Wildman–Crippen MR) is 81.4 cm³/mol. The van der Waals surface area contributed by atoms with E-state index in [1.807, 2.05) is 6.07 Å². The summed E-state index contributed by atoms with van der Waals surface area (Å²) in [7, 11) is 0. The van der Waals surface area contributed by atoms with Crippen LogP contribution >= 0.6 is 11.3 Å². The van der Waals surface area contributed by atoms with Crippen molar-refractivity contribution in [3.63, 3.8) is 0 Å². The molecule has 4 nitrogen and oxygen atoms in total. The molecular formula is C15H20N4S. The van der Waals surface area contributed by atoms with E-state index >= 15 is 0 Å². The normalized spacial score (nSPS) is 23.9. The number of piperidine rings is 1. The number of rotatable bonds is 3. The Kier molecular flexibility index (Phi) is 4.08. The van der Waals surface area contributed by atoms with Gasteiger partial charge in [-0.25, -0.2) is 15.0 Å². The van der Waals surface area contributed by atoms with Crippen LogP contribution in [0.15, 0.2) is 23.8 Å². The van der Waals surface area contributed by atoms with Gasteiger partial charge in [-0.3, -0.25) is 4.90 Å². The summed E-state index contributed by atoms with van der Waals surface area (Å²) in [5.74, 6) is 2.30. The molecule has 5 heteroatoms. The van der Waals surface area contributed by atoms with Gasteiger partial charge < -0.3 is 0 Å². The van der Waals surface area contributed by atoms with E-state index in [-0.39, 0.29) is 0 Å². The fraction of sp³-hybridized carbons (Fsp3) is 0.533. The molecule has 0 aromatic carbocycles. The van der Waals surface area contributed by atoms with Crippen molar-refractivity contribution in [3.8, 4) is 10.8 Å². The van der Waals surface area contributed by atoms with Gasteiger partial charge in [0.2, 0.25) is 0 Å². The lowest BCUT2D eigenvalue weighted by Gasteiger charge is -2.34. The molecular weight excluding hydrogens is 268 g/mol. The molecule has 2 aromatic rings. The predicted octanol–water partition coefficient (Wildman–Crippen LogP) is 3.08. The van der Waals surface area contributed by atoms with Gasteiger partial charge in [0, 0.05) is 37.4 Å². The van der Waals surface area contributed by atoms with Crippen LogP contribution in [0.5, 0.6) is 0 Å². The van der Waals surface area contributed by atoms with Crippen molar-refractivity contribution in [2.45, 2.75) is 26.8 Å². The summed E-state index contributed by atoms with van der Waals surface area (Å²) in [6, 6.07) is 1.83. The van der Waals surface area contributed by atoms with Crippen LogP contribution in [-0.2, 0) is 6.54 Å². The van der Waals surface area contributed by atoms with Gasteiger partial charge in [-0.1, -0.05) is 13.8 Å². The van der Waals surface area contributed by atoms with E-state index in [9.17, 15) is 0 Å². The second-order valence-electron chi connectivity index (χ2n) is 5.86. The number of hydrogen-bond donors (Lipinski definition) is 0. The van der Waals surface area contributed by atoms with Gasteiger partial charge in [0.15, 0.2) is 10.8 Å². The highest BCUT2D eigenvalue weighted by atomic mass is 32.1. The molecule has 2 aromatic heterocycles. The Hall–Kier alpha value is -1.33. The molecule has 3 rings (SSSR count). The lowest BCUT2D eigenvalue weighted by molar-refractivity contribution is 0.133. The Morgan fingerprint density at radius 2 is 1.90 bits per heavy atom. The van der Waals surface area contributed by atoms with E-state index in [0.29, 0.717) is 0 Å². The van der Waals surface area contributed by atoms with Crippen molar-refractivity contribution >= 4 is 11.3 Å². The van der Waals surface area contributed by atoms with E-state index in [2.05, 4.69) is 39.1 Å². The maximum Gasteiger partial charge on any atom is 0.188 e. The van der Waals surface area contributed by atoms with Crippen LogP contribution in [0.25, 0.3) is 10.8 Å². The highest BCUT2D eigenvalue weighted by Crippen LogP contribution is 2.24. The first-order valence-corrected chi connectivity index (χ1v) is 8.03. The lowest BCUT2D eigenvalue weighted by Crippen LogP contribution is -2.38. The first-order valence-electron chi connectivity index (χ1n) is 7.15. The fourth-order valence-electron chi connectivity index (χ4n) is 3.04. The van der Waals surface area contributed by atoms with Gasteiger partial charge in [-0.05, 0) is 24.3 Å². The zero-order valence-electron chi connectivity index (χ0n) is 12.0. The van der Waals surface area contributed by atoms with Crippen molar-refractivity contribution in [1.82, 2.24) is 19.9 Å². The van der Waals surface area contributed by atoms with Crippen LogP contribution in [0, 0.1) is 11.8 Å². The number of hydrogen-bond acceptors (Lipinski definition) is 5. The summed E-state index contributed by atoms with van der Waals surface area (Å²) in [5, 5.41) is 3.05. The minimum atomic E-state index is 0.726. The summed E-state index contributed by atoms with van der Waals surface area (Å²) in [4.78, 5) is 15.7. The summed E-state index contributed by atoms with van der Waals surface area (Å²) < 4.78 is 0. The molecule has 1 aliphatic rings. The van der Waals surface area contributed by atoms with Crippen LogP contribution in [-0.4, -0.2) is 32.9 Å². The first kappa shape index (κ1) is 13.6. The van der Waals surface area contributed by atoms with E-state index in [1.165, 1.54) is 19.5 Å². The van der Waals surface area contributed by atoms with Gasteiger partial charge in [0.25, 0.3) is 0 Å². The van der Waals surface area contributed by atoms with Crippen LogP contribution in [0.4, 0.5) is 0 Å². The maximum absolute atomic E-state index is 4.68. The monoisotopic (exact) mass is 288 g/mol. The second-order valence-corrected chi connectivity index (χ2v) is 6.71. The maximum atomic E-state index is 4.68. The van der Waals surface area contributed by atoms with Crippen molar-refractivity contribution in [2.24, 2.45) is 11.8 Å². The number of likely N-dealkylation sites (tertiary alicyclic amines) is 1. The molecule has 0 aliphatic carbocycles. The van der Waals surface area contributed by atoms with E-state index < -0.39 is 0 Å². The Morgan fingerprint density at radius 1 is 1.20 bits per heavy atom. The molecule has 0 unspecified atom stereocenters. The molecule has 0 amide bonds. The molecule has 0 bridgehead atoms. The number of thiazole rings is 1. The van der Waals surface area contributed by atoms with Crippen LogP contribution < -0.4 is 0 Å².